The van der Waals surface area contributed by atoms with Crippen LogP contribution in [0.4, 0.5) is 0 Å². The van der Waals surface area contributed by atoms with Crippen LogP contribution in [-0.2, 0) is 13.0 Å². The highest BCUT2D eigenvalue weighted by molar-refractivity contribution is 5.30. The first kappa shape index (κ1) is 15.1. The SMILES string of the molecule is CC1CCCC(CCn2ccc3c2CC(C)(C)CC3N)C1. The first-order valence-electron chi connectivity index (χ1n) is 8.88. The minimum Gasteiger partial charge on any atom is -0.351 e. The highest BCUT2D eigenvalue weighted by Gasteiger charge is 2.32. The Labute approximate surface area is 130 Å². The van der Waals surface area contributed by atoms with E-state index in [9.17, 15) is 0 Å². The fourth-order valence-corrected chi connectivity index (χ4v) is 4.65. The summed E-state index contributed by atoms with van der Waals surface area (Å²) in [5.41, 5.74) is 9.65. The van der Waals surface area contributed by atoms with Gasteiger partial charge in [-0.2, -0.15) is 0 Å². The van der Waals surface area contributed by atoms with Gasteiger partial charge in [0.15, 0.2) is 0 Å². The second-order valence-corrected chi connectivity index (χ2v) is 8.49. The molecule has 2 nitrogen and oxygen atoms in total. The molecule has 3 rings (SSSR count). The van der Waals surface area contributed by atoms with E-state index in [0.717, 1.165) is 18.3 Å². The van der Waals surface area contributed by atoms with E-state index >= 15 is 0 Å². The zero-order valence-electron chi connectivity index (χ0n) is 14.1. The normalized spacial score (nSPS) is 31.9. The number of hydrogen-bond acceptors (Lipinski definition) is 1. The molecule has 0 spiro atoms. The van der Waals surface area contributed by atoms with Crippen LogP contribution in [0, 0.1) is 17.3 Å². The summed E-state index contributed by atoms with van der Waals surface area (Å²) in [7, 11) is 0. The number of nitrogens with two attached hydrogens (primary N) is 1. The molecule has 0 saturated heterocycles. The van der Waals surface area contributed by atoms with E-state index < -0.39 is 0 Å². The molecule has 118 valence electrons. The summed E-state index contributed by atoms with van der Waals surface area (Å²) in [5.74, 6) is 1.88. The lowest BCUT2D eigenvalue weighted by Gasteiger charge is -2.35. The molecule has 1 aromatic rings. The largest absolute Gasteiger partial charge is 0.351 e. The predicted octanol–water partition coefficient (Wildman–Crippen LogP) is 4.68. The number of fused-ring (bicyclic) bond motifs is 1. The maximum Gasteiger partial charge on any atom is 0.0318 e. The lowest BCUT2D eigenvalue weighted by Crippen LogP contribution is -2.30. The smallest absolute Gasteiger partial charge is 0.0318 e. The molecule has 0 amide bonds. The molecule has 1 saturated carbocycles. The van der Waals surface area contributed by atoms with Gasteiger partial charge in [0, 0.05) is 24.5 Å². The van der Waals surface area contributed by atoms with Crippen molar-refractivity contribution < 1.29 is 0 Å². The van der Waals surface area contributed by atoms with Crippen molar-refractivity contribution in [2.75, 3.05) is 0 Å². The molecule has 0 radical (unpaired) electrons. The summed E-state index contributed by atoms with van der Waals surface area (Å²) in [5, 5.41) is 0. The van der Waals surface area contributed by atoms with Crippen molar-refractivity contribution in [1.29, 1.82) is 0 Å². The quantitative estimate of drug-likeness (QED) is 0.860. The van der Waals surface area contributed by atoms with Gasteiger partial charge in [0.1, 0.15) is 0 Å². The number of hydrogen-bond donors (Lipinski definition) is 1. The van der Waals surface area contributed by atoms with Gasteiger partial charge in [0.2, 0.25) is 0 Å². The van der Waals surface area contributed by atoms with Gasteiger partial charge in [0.05, 0.1) is 0 Å². The number of rotatable bonds is 3. The Bertz CT molecular complexity index is 486. The molecule has 3 unspecified atom stereocenters. The van der Waals surface area contributed by atoms with E-state index in [2.05, 4.69) is 37.6 Å². The van der Waals surface area contributed by atoms with Crippen LogP contribution in [0.5, 0.6) is 0 Å². The van der Waals surface area contributed by atoms with E-state index in [4.69, 9.17) is 5.73 Å². The zero-order chi connectivity index (χ0) is 15.0. The summed E-state index contributed by atoms with van der Waals surface area (Å²) in [4.78, 5) is 0. The van der Waals surface area contributed by atoms with Gasteiger partial charge >= 0.3 is 0 Å². The first-order valence-corrected chi connectivity index (χ1v) is 8.88. The van der Waals surface area contributed by atoms with Gasteiger partial charge in [-0.3, -0.25) is 0 Å². The minimum atomic E-state index is 0.236. The standard InChI is InChI=1S/C19H32N2/c1-14-5-4-6-15(11-14)7-9-21-10-8-16-17(20)12-19(2,3)13-18(16)21/h8,10,14-15,17H,4-7,9,11-13,20H2,1-3H3. The molecule has 1 aromatic heterocycles. The molecule has 1 fully saturated rings. The van der Waals surface area contributed by atoms with Crippen molar-refractivity contribution in [3.8, 4) is 0 Å². The molecule has 2 N–H and O–H groups in total. The van der Waals surface area contributed by atoms with E-state index in [0.29, 0.717) is 5.41 Å². The fraction of sp³-hybridized carbons (Fsp3) is 0.789. The summed E-state index contributed by atoms with van der Waals surface area (Å²) in [6.07, 6.45) is 11.7. The Kier molecular flexibility index (Phi) is 4.18. The Morgan fingerprint density at radius 2 is 2.14 bits per heavy atom. The highest BCUT2D eigenvalue weighted by atomic mass is 15.0. The van der Waals surface area contributed by atoms with E-state index in [1.54, 1.807) is 0 Å². The van der Waals surface area contributed by atoms with Crippen molar-refractivity contribution in [2.45, 2.75) is 78.3 Å². The molecular formula is C19H32N2. The van der Waals surface area contributed by atoms with Crippen LogP contribution in [0.3, 0.4) is 0 Å². The number of nitrogens with zero attached hydrogens (tertiary/aromatic N) is 1. The number of aryl methyl sites for hydroxylation is 1. The van der Waals surface area contributed by atoms with Crippen molar-refractivity contribution in [3.63, 3.8) is 0 Å². The van der Waals surface area contributed by atoms with Gasteiger partial charge in [0.25, 0.3) is 0 Å². The highest BCUT2D eigenvalue weighted by Crippen LogP contribution is 2.40. The summed E-state index contributed by atoms with van der Waals surface area (Å²) < 4.78 is 2.51. The van der Waals surface area contributed by atoms with E-state index in [-0.39, 0.29) is 6.04 Å². The minimum absolute atomic E-state index is 0.236. The Morgan fingerprint density at radius 1 is 1.33 bits per heavy atom. The predicted molar refractivity (Wildman–Crippen MR) is 89.2 cm³/mol. The van der Waals surface area contributed by atoms with Crippen LogP contribution in [0.25, 0.3) is 0 Å². The van der Waals surface area contributed by atoms with Crippen LogP contribution >= 0.6 is 0 Å². The Hall–Kier alpha value is -0.760. The average Bonchev–Trinajstić information content (AvgIpc) is 2.78. The molecule has 0 aliphatic heterocycles. The van der Waals surface area contributed by atoms with E-state index in [1.807, 2.05) is 0 Å². The van der Waals surface area contributed by atoms with Crippen LogP contribution in [0.2, 0.25) is 0 Å². The molecule has 0 bridgehead atoms. The Balaban J connectivity index is 1.67. The van der Waals surface area contributed by atoms with Crippen molar-refractivity contribution in [1.82, 2.24) is 4.57 Å². The first-order chi connectivity index (χ1) is 9.94. The van der Waals surface area contributed by atoms with Crippen LogP contribution in [-0.4, -0.2) is 4.57 Å². The molecule has 2 aliphatic carbocycles. The third kappa shape index (κ3) is 3.36. The molecule has 2 heteroatoms. The maximum atomic E-state index is 6.38. The van der Waals surface area contributed by atoms with Gasteiger partial charge in [-0.25, -0.2) is 0 Å². The zero-order valence-corrected chi connectivity index (χ0v) is 14.1. The van der Waals surface area contributed by atoms with Crippen molar-refractivity contribution >= 4 is 0 Å². The second kappa shape index (κ2) is 5.79. The van der Waals surface area contributed by atoms with Crippen molar-refractivity contribution in [2.24, 2.45) is 23.0 Å². The molecule has 1 heterocycles. The molecule has 0 aromatic carbocycles. The lowest BCUT2D eigenvalue weighted by atomic mass is 9.74. The Morgan fingerprint density at radius 3 is 2.90 bits per heavy atom. The van der Waals surface area contributed by atoms with Gasteiger partial charge in [-0.05, 0) is 54.6 Å². The average molecular weight is 288 g/mol. The van der Waals surface area contributed by atoms with Gasteiger partial charge < -0.3 is 10.3 Å². The molecular weight excluding hydrogens is 256 g/mol. The number of aromatic nitrogens is 1. The molecule has 2 aliphatic rings. The van der Waals surface area contributed by atoms with Crippen LogP contribution in [0.1, 0.15) is 76.6 Å². The van der Waals surface area contributed by atoms with Gasteiger partial charge in [-0.1, -0.05) is 40.0 Å². The van der Waals surface area contributed by atoms with Crippen molar-refractivity contribution in [3.05, 3.63) is 23.5 Å². The molecule has 3 atom stereocenters. The lowest BCUT2D eigenvalue weighted by molar-refractivity contribution is 0.253. The van der Waals surface area contributed by atoms with E-state index in [1.165, 1.54) is 56.3 Å². The summed E-state index contributed by atoms with van der Waals surface area (Å²) in [6.45, 7) is 8.33. The van der Waals surface area contributed by atoms with Gasteiger partial charge in [-0.15, -0.1) is 0 Å². The monoisotopic (exact) mass is 288 g/mol. The topological polar surface area (TPSA) is 30.9 Å². The maximum absolute atomic E-state index is 6.38. The third-order valence-electron chi connectivity index (χ3n) is 5.76. The summed E-state index contributed by atoms with van der Waals surface area (Å²) in [6, 6.07) is 2.51. The third-order valence-corrected chi connectivity index (χ3v) is 5.76. The van der Waals surface area contributed by atoms with Crippen LogP contribution in [0.15, 0.2) is 12.3 Å². The molecule has 21 heavy (non-hydrogen) atoms. The summed E-state index contributed by atoms with van der Waals surface area (Å²) >= 11 is 0. The van der Waals surface area contributed by atoms with Crippen LogP contribution < -0.4 is 5.73 Å². The second-order valence-electron chi connectivity index (χ2n) is 8.49. The fourth-order valence-electron chi connectivity index (χ4n) is 4.65.